The van der Waals surface area contributed by atoms with Crippen molar-refractivity contribution in [1.82, 2.24) is 0 Å². The van der Waals surface area contributed by atoms with Crippen LogP contribution in [0.3, 0.4) is 0 Å². The molecular formula is C17H27IO5. The van der Waals surface area contributed by atoms with Crippen molar-refractivity contribution in [3.05, 3.63) is 23.8 Å². The Morgan fingerprint density at radius 3 is 2.39 bits per heavy atom. The molecule has 0 aliphatic rings. The molecule has 1 atom stereocenters. The largest absolute Gasteiger partial charge is 0.461 e. The molecule has 1 unspecified atom stereocenters. The maximum atomic E-state index is 12.0. The van der Waals surface area contributed by atoms with Gasteiger partial charge in [-0.3, -0.25) is 9.59 Å². The van der Waals surface area contributed by atoms with E-state index in [2.05, 4.69) is 0 Å². The van der Waals surface area contributed by atoms with E-state index in [1.165, 1.54) is 0 Å². The topological polar surface area (TPSA) is 61.8 Å². The van der Waals surface area contributed by atoms with E-state index in [0.717, 1.165) is 5.57 Å². The van der Waals surface area contributed by atoms with Crippen molar-refractivity contribution >= 4 is 34.8 Å². The normalized spacial score (nSPS) is 14.1. The molecule has 0 rings (SSSR count). The number of esters is 1. The lowest BCUT2D eigenvalue weighted by atomic mass is 10.1. The van der Waals surface area contributed by atoms with Gasteiger partial charge in [-0.25, -0.2) is 0 Å². The second kappa shape index (κ2) is 11.8. The van der Waals surface area contributed by atoms with Crippen LogP contribution in [0.5, 0.6) is 0 Å². The number of carbonyl (C=O) groups excluding carboxylic acids is 2. The molecule has 0 bridgehead atoms. The van der Waals surface area contributed by atoms with Gasteiger partial charge in [-0.15, -0.1) is 0 Å². The predicted molar refractivity (Wildman–Crippen MR) is 98.4 cm³/mol. The van der Waals surface area contributed by atoms with Crippen molar-refractivity contribution in [2.75, 3.05) is 13.2 Å². The summed E-state index contributed by atoms with van der Waals surface area (Å²) in [6.45, 7) is 9.74. The fourth-order valence-corrected chi connectivity index (χ4v) is 1.67. The predicted octanol–water partition coefficient (Wildman–Crippen LogP) is 3.95. The standard InChI is InChI=1S/C17H27IO5/c1-6-8-14(7-2)11-21-16(20)10-9-15(19)13(3)22-12-17(4,5)23-18/h6-8,13H,9-12H2,1-5H3/b8-6-,14-7+. The summed E-state index contributed by atoms with van der Waals surface area (Å²) in [5.41, 5.74) is 0.467. The first-order valence-corrected chi connectivity index (χ1v) is 8.51. The van der Waals surface area contributed by atoms with E-state index < -0.39 is 11.7 Å². The van der Waals surface area contributed by atoms with Crippen LogP contribution in [0.15, 0.2) is 23.8 Å². The second-order valence-electron chi connectivity index (χ2n) is 5.78. The minimum Gasteiger partial charge on any atom is -0.461 e. The van der Waals surface area contributed by atoms with Crippen molar-refractivity contribution < 1.29 is 22.1 Å². The van der Waals surface area contributed by atoms with Crippen LogP contribution in [0.25, 0.3) is 0 Å². The Morgan fingerprint density at radius 1 is 1.22 bits per heavy atom. The van der Waals surface area contributed by atoms with Crippen molar-refractivity contribution in [3.63, 3.8) is 0 Å². The van der Waals surface area contributed by atoms with Gasteiger partial charge in [0.1, 0.15) is 35.7 Å². The van der Waals surface area contributed by atoms with Gasteiger partial charge in [0, 0.05) is 6.42 Å². The van der Waals surface area contributed by atoms with Gasteiger partial charge in [0.25, 0.3) is 0 Å². The first-order chi connectivity index (χ1) is 10.8. The first-order valence-electron chi connectivity index (χ1n) is 7.63. The molecular weight excluding hydrogens is 411 g/mol. The van der Waals surface area contributed by atoms with E-state index in [0.29, 0.717) is 6.61 Å². The maximum Gasteiger partial charge on any atom is 0.306 e. The van der Waals surface area contributed by atoms with Gasteiger partial charge in [0.05, 0.1) is 18.6 Å². The highest BCUT2D eigenvalue weighted by molar-refractivity contribution is 14.1. The lowest BCUT2D eigenvalue weighted by Gasteiger charge is -2.23. The molecule has 23 heavy (non-hydrogen) atoms. The Balaban J connectivity index is 4.10. The van der Waals surface area contributed by atoms with E-state index in [4.69, 9.17) is 12.5 Å². The molecule has 6 heteroatoms. The highest BCUT2D eigenvalue weighted by atomic mass is 127. The summed E-state index contributed by atoms with van der Waals surface area (Å²) >= 11 is 1.81. The Bertz CT molecular complexity index is 440. The van der Waals surface area contributed by atoms with Gasteiger partial charge in [0.2, 0.25) is 0 Å². The lowest BCUT2D eigenvalue weighted by Crippen LogP contribution is -2.32. The van der Waals surface area contributed by atoms with Crippen LogP contribution < -0.4 is 0 Å². The first kappa shape index (κ1) is 22.3. The van der Waals surface area contributed by atoms with Crippen LogP contribution in [0.2, 0.25) is 0 Å². The van der Waals surface area contributed by atoms with Crippen LogP contribution in [0.1, 0.15) is 47.5 Å². The van der Waals surface area contributed by atoms with Gasteiger partial charge >= 0.3 is 5.97 Å². The number of halogens is 1. The Morgan fingerprint density at radius 2 is 1.87 bits per heavy atom. The molecule has 0 aromatic rings. The summed E-state index contributed by atoms with van der Waals surface area (Å²) in [4.78, 5) is 23.6. The molecule has 0 aliphatic heterocycles. The summed E-state index contributed by atoms with van der Waals surface area (Å²) in [5, 5.41) is 0. The molecule has 0 saturated heterocycles. The molecule has 5 nitrogen and oxygen atoms in total. The highest BCUT2D eigenvalue weighted by Crippen LogP contribution is 2.15. The van der Waals surface area contributed by atoms with Gasteiger partial charge in [-0.2, -0.15) is 0 Å². The number of ether oxygens (including phenoxy) is 2. The summed E-state index contributed by atoms with van der Waals surface area (Å²) < 4.78 is 15.8. The molecule has 0 heterocycles. The smallest absolute Gasteiger partial charge is 0.306 e. The van der Waals surface area contributed by atoms with Crippen molar-refractivity contribution in [3.8, 4) is 0 Å². The van der Waals surface area contributed by atoms with Gasteiger partial charge in [-0.1, -0.05) is 18.2 Å². The fraction of sp³-hybridized carbons (Fsp3) is 0.647. The van der Waals surface area contributed by atoms with Gasteiger partial charge in [-0.05, 0) is 40.2 Å². The molecule has 0 amide bonds. The highest BCUT2D eigenvalue weighted by Gasteiger charge is 2.22. The number of allylic oxidation sites excluding steroid dienone is 2. The number of Topliss-reactive ketones (excluding diaryl/α,β-unsaturated/α-hetero) is 1. The number of rotatable bonds is 11. The minimum absolute atomic E-state index is 0.0611. The molecule has 0 aromatic heterocycles. The van der Waals surface area contributed by atoms with Crippen molar-refractivity contribution in [1.29, 1.82) is 0 Å². The third-order valence-electron chi connectivity index (χ3n) is 3.07. The maximum absolute atomic E-state index is 12.0. The lowest BCUT2D eigenvalue weighted by molar-refractivity contribution is -0.145. The summed E-state index contributed by atoms with van der Waals surface area (Å²) in [5.74, 6) is -0.503. The van der Waals surface area contributed by atoms with Crippen molar-refractivity contribution in [2.24, 2.45) is 0 Å². The number of carbonyl (C=O) groups is 2. The van der Waals surface area contributed by atoms with Crippen LogP contribution in [-0.2, 0) is 22.1 Å². The van der Waals surface area contributed by atoms with E-state index in [9.17, 15) is 9.59 Å². The molecule has 132 valence electrons. The summed E-state index contributed by atoms with van der Waals surface area (Å²) in [7, 11) is 0. The minimum atomic E-state index is -0.567. The van der Waals surface area contributed by atoms with Gasteiger partial charge in [0.15, 0.2) is 5.78 Å². The third kappa shape index (κ3) is 10.6. The van der Waals surface area contributed by atoms with E-state index in [1.807, 2.05) is 68.9 Å². The molecule has 0 aliphatic carbocycles. The molecule has 0 N–H and O–H groups in total. The molecule has 0 spiro atoms. The van der Waals surface area contributed by atoms with Crippen LogP contribution in [0, 0.1) is 0 Å². The fourth-order valence-electron chi connectivity index (χ4n) is 1.55. The molecule has 0 aromatic carbocycles. The zero-order valence-electron chi connectivity index (χ0n) is 14.6. The Labute approximate surface area is 153 Å². The Hall–Kier alpha value is -0.730. The Kier molecular flexibility index (Phi) is 11.4. The number of ketones is 1. The van der Waals surface area contributed by atoms with Crippen LogP contribution in [-0.4, -0.2) is 36.7 Å². The zero-order chi connectivity index (χ0) is 17.9. The second-order valence-corrected chi connectivity index (χ2v) is 6.22. The molecule has 0 fully saturated rings. The number of hydrogen-bond donors (Lipinski definition) is 0. The van der Waals surface area contributed by atoms with E-state index in [1.54, 1.807) is 6.92 Å². The van der Waals surface area contributed by atoms with E-state index >= 15 is 0 Å². The third-order valence-corrected chi connectivity index (χ3v) is 4.26. The average molecular weight is 438 g/mol. The molecule has 0 radical (unpaired) electrons. The van der Waals surface area contributed by atoms with Gasteiger partial charge < -0.3 is 12.5 Å². The van der Waals surface area contributed by atoms with Crippen molar-refractivity contribution in [2.45, 2.75) is 59.2 Å². The van der Waals surface area contributed by atoms with E-state index in [-0.39, 0.29) is 31.2 Å². The zero-order valence-corrected chi connectivity index (χ0v) is 16.7. The summed E-state index contributed by atoms with van der Waals surface area (Å²) in [6.07, 6.45) is 5.25. The molecule has 0 saturated carbocycles. The quantitative estimate of drug-likeness (QED) is 0.278. The van der Waals surface area contributed by atoms with Crippen LogP contribution >= 0.6 is 23.0 Å². The SMILES string of the molecule is C/C=C\C(=C/C)COC(=O)CCC(=O)C(C)OCC(C)(C)OI. The average Bonchev–Trinajstić information content (AvgIpc) is 2.54. The summed E-state index contributed by atoms with van der Waals surface area (Å²) in [6, 6.07) is 0. The van der Waals surface area contributed by atoms with Crippen LogP contribution in [0.4, 0.5) is 0 Å². The monoisotopic (exact) mass is 438 g/mol. The number of hydrogen-bond acceptors (Lipinski definition) is 5.